The summed E-state index contributed by atoms with van der Waals surface area (Å²) in [5, 5.41) is 55.1. The Balaban J connectivity index is 1.13. The van der Waals surface area contributed by atoms with E-state index in [0.717, 1.165) is 31.5 Å². The summed E-state index contributed by atoms with van der Waals surface area (Å²) in [5.74, 6) is -24.4. The number of morpholine rings is 1. The summed E-state index contributed by atoms with van der Waals surface area (Å²) in [6, 6.07) is 5.97. The molecule has 38 nitrogen and oxygen atoms in total. The van der Waals surface area contributed by atoms with Crippen LogP contribution in [0.4, 0.5) is 13.2 Å². The highest BCUT2D eigenvalue weighted by atomic mass is 32.2. The molecule has 15 amide bonds. The number of ether oxygens (including phenoxy) is 1. The van der Waals surface area contributed by atoms with Crippen molar-refractivity contribution in [2.75, 3.05) is 78.6 Å². The zero-order valence-corrected chi connectivity index (χ0v) is 75.5. The Hall–Kier alpha value is -13.2. The number of H-pyrrole nitrogens is 1. The number of rotatable bonds is 24. The number of halogens is 3. The Morgan fingerprint density at radius 2 is 1.08 bits per heavy atom. The SMILES string of the molecule is CCCC[C@H]1C(=O)N2CCC[C@@H]2C(=O)N[C@@H](CC(=O)O)C(=O)N[C@@H](C(C)C)C(=O)N(C)[C@@H](Cc2ccccc2)C(=O)N[C@@H](CCN)C(=O)N2CCOC[C@@H]2C(=O)N[C@@H](Cc2c[nH]c3ccccc23)C(=O)N[C@@H](Cc2ccc(O)cc2)C(=O)N[C@@H](CCCN)C(=O)N[C@H](C(=O)NCC(N)=O)CSCC(=O)N[C@@H](Cc2cc(F)c(F)c(F)c2)C(=O)N(C)[C@@H](Cc2ccc(O)cc2)C(=O)N1C. The number of nitrogens with one attached hydrogen (secondary N) is 10. The van der Waals surface area contributed by atoms with Gasteiger partial charge in [-0.1, -0.05) is 106 Å². The smallest absolute Gasteiger partial charge is 0.305 e. The molecule has 9 rings (SSSR count). The number of amides is 15. The molecule has 13 atom stereocenters. The molecular formula is C91H117F3N18O20S. The highest BCUT2D eigenvalue weighted by molar-refractivity contribution is 8.00. The number of carboxylic acids is 1. The van der Waals surface area contributed by atoms with Crippen LogP contribution in [0.5, 0.6) is 11.5 Å². The number of carbonyl (C=O) groups excluding carboxylic acids is 15. The van der Waals surface area contributed by atoms with Crippen LogP contribution in [0.3, 0.4) is 0 Å². The largest absolute Gasteiger partial charge is 0.508 e. The fourth-order valence-corrected chi connectivity index (χ4v) is 16.9. The Morgan fingerprint density at radius 3 is 1.71 bits per heavy atom. The van der Waals surface area contributed by atoms with Gasteiger partial charge >= 0.3 is 5.97 Å². The van der Waals surface area contributed by atoms with Crippen molar-refractivity contribution in [3.05, 3.63) is 167 Å². The number of para-hydroxylation sites is 1. The number of hydrogen-bond acceptors (Lipinski definition) is 22. The van der Waals surface area contributed by atoms with Crippen molar-refractivity contribution in [2.45, 2.75) is 189 Å². The third kappa shape index (κ3) is 28.7. The number of fused-ring (bicyclic) bond motifs is 3. The maximum Gasteiger partial charge on any atom is 0.305 e. The number of primary amides is 1. The highest BCUT2D eigenvalue weighted by Gasteiger charge is 2.46. The minimum atomic E-state index is -1.96. The molecular weight excluding hydrogens is 1750 g/mol. The van der Waals surface area contributed by atoms with Gasteiger partial charge in [-0.15, -0.1) is 11.8 Å². The van der Waals surface area contributed by atoms with E-state index in [1.54, 1.807) is 81.6 Å². The Bertz CT molecular complexity index is 5130. The van der Waals surface area contributed by atoms with E-state index in [4.69, 9.17) is 21.9 Å². The van der Waals surface area contributed by atoms with E-state index < -0.39 is 246 Å². The molecule has 3 aliphatic rings. The molecule has 0 saturated carbocycles. The first-order chi connectivity index (χ1) is 63.4. The van der Waals surface area contributed by atoms with Crippen molar-refractivity contribution in [3.63, 3.8) is 0 Å². The van der Waals surface area contributed by atoms with Gasteiger partial charge in [-0.05, 0) is 128 Å². The normalized spacial score (nSPS) is 23.7. The molecule has 6 aromatic rings. The summed E-state index contributed by atoms with van der Waals surface area (Å²) >= 11 is 0.640. The fraction of sp³-hybridized carbons (Fsp3) is 0.473. The van der Waals surface area contributed by atoms with Gasteiger partial charge in [0.05, 0.1) is 31.9 Å². The first-order valence-electron chi connectivity index (χ1n) is 43.8. The lowest BCUT2D eigenvalue weighted by molar-refractivity contribution is -0.152. The van der Waals surface area contributed by atoms with Gasteiger partial charge in [0.1, 0.15) is 90.0 Å². The van der Waals surface area contributed by atoms with Crippen LogP contribution in [0.25, 0.3) is 10.9 Å². The Kier molecular flexibility index (Phi) is 38.4. The molecule has 3 fully saturated rings. The van der Waals surface area contributed by atoms with E-state index in [1.807, 2.05) is 0 Å². The minimum absolute atomic E-state index is 0.0195. The summed E-state index contributed by atoms with van der Waals surface area (Å²) in [7, 11) is 3.67. The average molecular weight is 1870 g/mol. The Morgan fingerprint density at radius 1 is 0.534 bits per heavy atom. The number of aromatic hydroxyl groups is 2. The number of nitrogens with two attached hydrogens (primary N) is 3. The predicted molar refractivity (Wildman–Crippen MR) is 480 cm³/mol. The van der Waals surface area contributed by atoms with Gasteiger partial charge in [0, 0.05) is 89.2 Å². The number of carboxylic acid groups (broad SMARTS) is 1. The molecule has 1 aromatic heterocycles. The highest BCUT2D eigenvalue weighted by Crippen LogP contribution is 2.28. The monoisotopic (exact) mass is 1870 g/mol. The maximum atomic E-state index is 15.7. The van der Waals surface area contributed by atoms with Crippen molar-refractivity contribution in [1.29, 1.82) is 0 Å². The molecule has 42 heteroatoms. The molecule has 133 heavy (non-hydrogen) atoms. The lowest BCUT2D eigenvalue weighted by Gasteiger charge is -2.38. The van der Waals surface area contributed by atoms with Gasteiger partial charge in [0.25, 0.3) is 0 Å². The third-order valence-corrected chi connectivity index (χ3v) is 24.5. The van der Waals surface area contributed by atoms with Crippen LogP contribution in [0.1, 0.15) is 106 Å². The second-order valence-electron chi connectivity index (χ2n) is 33.4. The van der Waals surface area contributed by atoms with Crippen LogP contribution in [0.15, 0.2) is 121 Å². The van der Waals surface area contributed by atoms with Crippen LogP contribution in [-0.2, 0) is 114 Å². The van der Waals surface area contributed by atoms with Gasteiger partial charge in [-0.3, -0.25) is 76.7 Å². The number of benzene rings is 5. The quantitative estimate of drug-likeness (QED) is 0.0350. The van der Waals surface area contributed by atoms with Gasteiger partial charge in [0.15, 0.2) is 17.5 Å². The van der Waals surface area contributed by atoms with E-state index in [2.05, 4.69) is 52.8 Å². The van der Waals surface area contributed by atoms with Gasteiger partial charge in [-0.2, -0.15) is 0 Å². The number of thioether (sulfide) groups is 1. The van der Waals surface area contributed by atoms with Gasteiger partial charge < -0.3 is 115 Å². The second kappa shape index (κ2) is 49.3. The van der Waals surface area contributed by atoms with E-state index in [1.165, 1.54) is 62.6 Å². The standard InChI is InChI=1S/C91H117F3N18O20S/c1-7-8-21-70-90(130)111-34-15-22-69(111)84(124)105-66(44-76(117)118)83(123)107-78(50(2)3)91(131)109(5)71(41-51-16-10-9-11-17-51)85(125)102-63(31-33-96)88(128)112-35-36-132-47-73(112)86(126)104-65(43-55-45-98-61-19-13-12-18-58(55)61)82(122)103-64(39-52-23-27-56(113)28-24-52)81(121)101-62(20-14-32-95)80(120)106-68(79(119)99-46-74(97)115)48-133-49-75(116)100-67(40-54-37-59(92)77(94)60(93)38-54)87(127)110(6)72(89(129)108(70)4)42-53-25-29-57(114)30-26-53/h9-13,16-19,23-30,37-38,45,50,62-73,78,98,113-114H,7-8,14-15,20-22,31-36,39-44,46-49,95-96H2,1-6H3,(H2,97,115)(H,99,119)(H,100,116)(H,101,121)(H,102,125)(H,103,122)(H,104,126)(H,105,124)(H,106,120)(H,107,123)(H,117,118)/t62-,63-,64-,65-,66-,67-,68-,69+,70-,71-,72-,73+,78-/m0/s1. The topological polar surface area (TPSA) is 561 Å². The maximum absolute atomic E-state index is 15.7. The number of aromatic nitrogens is 1. The van der Waals surface area contributed by atoms with E-state index >= 15 is 51.9 Å². The number of carbonyl (C=O) groups is 16. The molecule has 0 bridgehead atoms. The van der Waals surface area contributed by atoms with Gasteiger partial charge in [0.2, 0.25) is 88.6 Å². The van der Waals surface area contributed by atoms with Crippen LogP contribution in [-0.4, -0.2) is 297 Å². The third-order valence-electron chi connectivity index (χ3n) is 23.4. The first-order valence-corrected chi connectivity index (χ1v) is 45.0. The van der Waals surface area contributed by atoms with E-state index in [9.17, 15) is 53.3 Å². The Labute approximate surface area is 770 Å². The number of aliphatic carboxylic acids is 1. The van der Waals surface area contributed by atoms with Crippen LogP contribution in [0.2, 0.25) is 0 Å². The number of aromatic amines is 1. The van der Waals surface area contributed by atoms with Crippen molar-refractivity contribution in [2.24, 2.45) is 23.1 Å². The molecule has 718 valence electrons. The molecule has 0 unspecified atom stereocenters. The van der Waals surface area contributed by atoms with Crippen molar-refractivity contribution in [3.8, 4) is 11.5 Å². The van der Waals surface area contributed by atoms with Crippen LogP contribution in [0, 0.1) is 23.4 Å². The molecule has 0 aliphatic carbocycles. The van der Waals surface area contributed by atoms with Gasteiger partial charge in [-0.25, -0.2) is 13.2 Å². The summed E-state index contributed by atoms with van der Waals surface area (Å²) < 4.78 is 50.9. The molecule has 0 radical (unpaired) electrons. The number of phenolic OH excluding ortho intramolecular Hbond substituents is 2. The number of hydrogen-bond donors (Lipinski definition) is 16. The zero-order valence-electron chi connectivity index (χ0n) is 74.7. The summed E-state index contributed by atoms with van der Waals surface area (Å²) in [6.07, 6.45) is -1.39. The first kappa shape index (κ1) is 104. The predicted octanol–water partition coefficient (Wildman–Crippen LogP) is -0.156. The fourth-order valence-electron chi connectivity index (χ4n) is 16.0. The van der Waals surface area contributed by atoms with Crippen molar-refractivity contribution >= 4 is 117 Å². The average Bonchev–Trinajstić information content (AvgIpc) is 1.79. The van der Waals surface area contributed by atoms with Crippen LogP contribution < -0.4 is 65.1 Å². The van der Waals surface area contributed by atoms with Crippen LogP contribution >= 0.6 is 11.8 Å². The lowest BCUT2D eigenvalue weighted by atomic mass is 9.98. The molecule has 3 aliphatic heterocycles. The molecule has 3 saturated heterocycles. The molecule has 0 spiro atoms. The van der Waals surface area contributed by atoms with E-state index in [0.29, 0.717) is 63.5 Å². The molecule has 4 heterocycles. The molecule has 5 aromatic carbocycles. The number of phenols is 2. The summed E-state index contributed by atoms with van der Waals surface area (Å²) in [6.45, 7) is 2.75. The zero-order chi connectivity index (χ0) is 97.0. The number of likely N-dealkylation sites (N-methyl/N-ethyl adjacent to an activating group) is 3. The minimum Gasteiger partial charge on any atom is -0.508 e. The van der Waals surface area contributed by atoms with Crippen molar-refractivity contribution < 1.29 is 110 Å². The summed E-state index contributed by atoms with van der Waals surface area (Å²) in [5.41, 5.74) is 19.5. The lowest BCUT2D eigenvalue weighted by Crippen LogP contribution is -2.64. The van der Waals surface area contributed by atoms with E-state index in [-0.39, 0.29) is 108 Å². The second-order valence-corrected chi connectivity index (χ2v) is 34.5. The number of nitrogens with zero attached hydrogens (tertiary/aromatic N) is 5. The number of unbranched alkanes of at least 4 members (excludes halogenated alkanes) is 1. The summed E-state index contributed by atoms with van der Waals surface area (Å²) in [4.78, 5) is 245. The van der Waals surface area contributed by atoms with Crippen molar-refractivity contribution in [1.82, 2.24) is 77.3 Å². The molecule has 19 N–H and O–H groups in total.